The molecule has 1 fully saturated rings. The fourth-order valence-corrected chi connectivity index (χ4v) is 7.25. The van der Waals surface area contributed by atoms with Crippen LogP contribution < -0.4 is 15.4 Å². The van der Waals surface area contributed by atoms with Gasteiger partial charge in [-0.1, -0.05) is 78.4 Å². The highest BCUT2D eigenvalue weighted by atomic mass is 35.5. The molecule has 4 atom stereocenters. The van der Waals surface area contributed by atoms with Gasteiger partial charge in [-0.3, -0.25) is 14.4 Å². The Morgan fingerprint density at radius 2 is 1.69 bits per heavy atom. The van der Waals surface area contributed by atoms with E-state index in [0.717, 1.165) is 17.4 Å². The molecule has 3 N–H and O–H groups in total. The Labute approximate surface area is 343 Å². The number of nitrogens with one attached hydrogen (secondary N) is 3. The zero-order valence-electron chi connectivity index (χ0n) is 33.0. The quantitative estimate of drug-likeness (QED) is 0.0787. The summed E-state index contributed by atoms with van der Waals surface area (Å²) in [7, 11) is -3.87. The molecule has 3 aromatic carbocycles. The second-order valence-electron chi connectivity index (χ2n) is 15.1. The topological polar surface area (TPSA) is 186 Å². The molecule has 5 rings (SSSR count). The monoisotopic (exact) mass is 835 g/mol. The number of benzene rings is 3. The molecule has 0 bridgehead atoms. The summed E-state index contributed by atoms with van der Waals surface area (Å²) in [5.41, 5.74) is 1.88. The number of ketones is 1. The number of para-hydroxylation sites is 2. The van der Waals surface area contributed by atoms with Gasteiger partial charge in [0.15, 0.2) is 5.58 Å². The van der Waals surface area contributed by atoms with Crippen molar-refractivity contribution in [1.29, 1.82) is 0 Å². The van der Waals surface area contributed by atoms with Crippen LogP contribution in [0.15, 0.2) is 89.4 Å². The summed E-state index contributed by atoms with van der Waals surface area (Å²) >= 11 is 6.06. The number of oxazole rings is 1. The summed E-state index contributed by atoms with van der Waals surface area (Å²) in [4.78, 5) is 60.5. The van der Waals surface area contributed by atoms with Crippen LogP contribution in [0.5, 0.6) is 0 Å². The van der Waals surface area contributed by atoms with Crippen LogP contribution in [0, 0.1) is 0 Å². The molecular weight excluding hydrogens is 786 g/mol. The van der Waals surface area contributed by atoms with Crippen LogP contribution in [0.3, 0.4) is 0 Å². The smallest absolute Gasteiger partial charge is 0.407 e. The van der Waals surface area contributed by atoms with Gasteiger partial charge in [0, 0.05) is 24.5 Å². The minimum absolute atomic E-state index is 0.00189. The number of amides is 3. The Bertz CT molecular complexity index is 2140. The maximum absolute atomic E-state index is 14.3. The maximum Gasteiger partial charge on any atom is 0.407 e. The molecule has 1 aliphatic heterocycles. The molecular formula is C42H50ClN5O9S. The number of rotatable bonds is 18. The first-order valence-electron chi connectivity index (χ1n) is 19.1. The van der Waals surface area contributed by atoms with Crippen LogP contribution in [-0.4, -0.2) is 91.2 Å². The Balaban J connectivity index is 1.37. The summed E-state index contributed by atoms with van der Waals surface area (Å²) in [5, 5.41) is 6.11. The molecule has 0 unspecified atom stereocenters. The predicted octanol–water partition coefficient (Wildman–Crippen LogP) is 6.05. The predicted molar refractivity (Wildman–Crippen MR) is 220 cm³/mol. The summed E-state index contributed by atoms with van der Waals surface area (Å²) in [6.07, 6.45) is 4.34. The van der Waals surface area contributed by atoms with Gasteiger partial charge >= 0.3 is 6.09 Å². The van der Waals surface area contributed by atoms with E-state index in [1.165, 1.54) is 4.90 Å². The molecule has 0 saturated carbocycles. The van der Waals surface area contributed by atoms with Crippen molar-refractivity contribution in [3.63, 3.8) is 0 Å². The fraction of sp³-hybridized carbons (Fsp3) is 0.405. The van der Waals surface area contributed by atoms with Gasteiger partial charge in [0.1, 0.15) is 23.2 Å². The Hall–Kier alpha value is -5.09. The van der Waals surface area contributed by atoms with E-state index >= 15 is 0 Å². The number of carbonyl (C=O) groups is 4. The van der Waals surface area contributed by atoms with E-state index in [0.29, 0.717) is 29.0 Å². The largest absolute Gasteiger partial charge is 0.444 e. The number of likely N-dealkylation sites (tertiary alicyclic amines) is 1. The molecule has 0 radical (unpaired) electrons. The van der Waals surface area contributed by atoms with Crippen LogP contribution >= 0.6 is 11.6 Å². The van der Waals surface area contributed by atoms with Crippen LogP contribution in [0.25, 0.3) is 17.2 Å². The molecule has 1 aromatic heterocycles. The number of hydrogen-bond acceptors (Lipinski definition) is 10. The summed E-state index contributed by atoms with van der Waals surface area (Å²) < 4.78 is 44.8. The number of sulfonamides is 1. The highest BCUT2D eigenvalue weighted by molar-refractivity contribution is 7.88. The van der Waals surface area contributed by atoms with Gasteiger partial charge in [-0.2, -0.15) is 0 Å². The molecule has 2 heterocycles. The molecule has 16 heteroatoms. The highest BCUT2D eigenvalue weighted by Crippen LogP contribution is 2.25. The maximum atomic E-state index is 14.3. The van der Waals surface area contributed by atoms with Gasteiger partial charge in [-0.05, 0) is 81.8 Å². The van der Waals surface area contributed by atoms with Crippen molar-refractivity contribution in [3.05, 3.63) is 107 Å². The van der Waals surface area contributed by atoms with Gasteiger partial charge < -0.3 is 29.4 Å². The highest BCUT2D eigenvalue weighted by Gasteiger charge is 2.43. The number of halogens is 1. The standard InChI is InChI=1S/C42H50ClN5O9S/c1-42(2,3)57-41(52)44-24-11-10-17-33(37(49)39-46-32-16-8-9-19-36(32)56-39)45-38(50)35-25-31(55-27-29-20-22-30(43)23-21-29)26-48(35)40(51)34(47-58(4,53)54)18-12-15-28-13-6-5-7-14-28/h5-9,12-16,19-23,31,33-35,47H,10-11,17-18,24-27H2,1-4H3,(H,44,52)(H,45,50)/t31-,33+,34-,35+/m1/s1. The first kappa shape index (κ1) is 44.0. The summed E-state index contributed by atoms with van der Waals surface area (Å²) in [5.74, 6) is -2.02. The summed E-state index contributed by atoms with van der Waals surface area (Å²) in [6.45, 7) is 5.69. The number of unbranched alkanes of at least 4 members (excludes halogenated alkanes) is 1. The zero-order chi connectivity index (χ0) is 41.9. The number of nitrogens with zero attached hydrogens (tertiary/aromatic N) is 2. The Morgan fingerprint density at radius 3 is 2.38 bits per heavy atom. The first-order chi connectivity index (χ1) is 27.5. The van der Waals surface area contributed by atoms with Crippen molar-refractivity contribution in [3.8, 4) is 0 Å². The van der Waals surface area contributed by atoms with Crippen LogP contribution in [0.1, 0.15) is 74.7 Å². The average Bonchev–Trinajstić information content (AvgIpc) is 3.81. The molecule has 0 aliphatic carbocycles. The van der Waals surface area contributed by atoms with Gasteiger partial charge in [-0.25, -0.2) is 22.9 Å². The van der Waals surface area contributed by atoms with Crippen molar-refractivity contribution in [2.24, 2.45) is 0 Å². The summed E-state index contributed by atoms with van der Waals surface area (Å²) in [6, 6.07) is 19.8. The normalized spacial score (nSPS) is 16.9. The van der Waals surface area contributed by atoms with E-state index in [9.17, 15) is 27.6 Å². The average molecular weight is 836 g/mol. The third-order valence-electron chi connectivity index (χ3n) is 9.11. The minimum atomic E-state index is -3.87. The lowest BCUT2D eigenvalue weighted by atomic mass is 10.0. The molecule has 1 saturated heterocycles. The van der Waals surface area contributed by atoms with E-state index in [2.05, 4.69) is 20.3 Å². The molecule has 58 heavy (non-hydrogen) atoms. The molecule has 1 aliphatic rings. The van der Waals surface area contributed by atoms with Gasteiger partial charge in [0.05, 0.1) is 25.0 Å². The van der Waals surface area contributed by atoms with Crippen LogP contribution in [-0.2, 0) is 35.7 Å². The third kappa shape index (κ3) is 13.5. The van der Waals surface area contributed by atoms with Gasteiger partial charge in [0.25, 0.3) is 5.89 Å². The van der Waals surface area contributed by atoms with Crippen molar-refractivity contribution in [1.82, 2.24) is 25.2 Å². The third-order valence-corrected chi connectivity index (χ3v) is 10.1. The van der Waals surface area contributed by atoms with E-state index < -0.39 is 63.5 Å². The number of carbonyl (C=O) groups excluding carboxylic acids is 4. The second kappa shape index (κ2) is 20.1. The molecule has 310 valence electrons. The van der Waals surface area contributed by atoms with Gasteiger partial charge in [0.2, 0.25) is 27.6 Å². The Morgan fingerprint density at radius 1 is 0.983 bits per heavy atom. The zero-order valence-corrected chi connectivity index (χ0v) is 34.6. The molecule has 0 spiro atoms. The number of ether oxygens (including phenoxy) is 2. The minimum Gasteiger partial charge on any atom is -0.444 e. The van der Waals surface area contributed by atoms with Crippen LogP contribution in [0.2, 0.25) is 5.02 Å². The first-order valence-corrected chi connectivity index (χ1v) is 21.3. The van der Waals surface area contributed by atoms with Crippen molar-refractivity contribution >= 4 is 62.5 Å². The number of aromatic nitrogens is 1. The lowest BCUT2D eigenvalue weighted by Gasteiger charge is -2.29. The van der Waals surface area contributed by atoms with E-state index in [-0.39, 0.29) is 44.8 Å². The second-order valence-corrected chi connectivity index (χ2v) is 17.3. The van der Waals surface area contributed by atoms with Gasteiger partial charge in [-0.15, -0.1) is 0 Å². The SMILES string of the molecule is CC(C)(C)OC(=O)NCCCC[C@H](NC(=O)[C@@H]1C[C@@H](OCc2ccc(Cl)cc2)CN1C(=O)[C@@H](CC=Cc1ccccc1)NS(C)(=O)=O)C(=O)c1nc2ccccc2o1. The van der Waals surface area contributed by atoms with E-state index in [1.807, 2.05) is 30.3 Å². The van der Waals surface area contributed by atoms with Crippen molar-refractivity contribution in [2.75, 3.05) is 19.3 Å². The fourth-order valence-electron chi connectivity index (χ4n) is 6.41. The lowest BCUT2D eigenvalue weighted by molar-refractivity contribution is -0.140. The van der Waals surface area contributed by atoms with Crippen molar-refractivity contribution < 1.29 is 41.5 Å². The number of alkyl carbamates (subject to hydrolysis) is 1. The van der Waals surface area contributed by atoms with E-state index in [1.54, 1.807) is 81.5 Å². The van der Waals surface area contributed by atoms with Crippen LogP contribution in [0.4, 0.5) is 4.79 Å². The van der Waals surface area contributed by atoms with Crippen molar-refractivity contribution in [2.45, 2.75) is 89.3 Å². The van der Waals surface area contributed by atoms with E-state index in [4.69, 9.17) is 25.5 Å². The molecule has 14 nitrogen and oxygen atoms in total. The lowest BCUT2D eigenvalue weighted by Crippen LogP contribution is -2.55. The number of Topliss-reactive ketones (excluding diaryl/α,β-unsaturated/α-hetero) is 1. The Kier molecular flexibility index (Phi) is 15.2. The molecule has 3 amide bonds. The number of hydrogen-bond donors (Lipinski definition) is 3. The number of fused-ring (bicyclic) bond motifs is 1. The molecule has 4 aromatic rings.